The summed E-state index contributed by atoms with van der Waals surface area (Å²) in [4.78, 5) is 0. The molecule has 0 atom stereocenters. The molecule has 1 heterocycles. The van der Waals surface area contributed by atoms with E-state index in [-0.39, 0.29) is 11.0 Å². The highest BCUT2D eigenvalue weighted by molar-refractivity contribution is 6.04. The van der Waals surface area contributed by atoms with E-state index in [1.54, 1.807) is 0 Å². The summed E-state index contributed by atoms with van der Waals surface area (Å²) in [7, 11) is 0. The second-order valence-electron chi connectivity index (χ2n) is 6.55. The van der Waals surface area contributed by atoms with Crippen LogP contribution in [-0.2, 0) is 5.41 Å². The third kappa shape index (κ3) is 2.35. The van der Waals surface area contributed by atoms with Crippen LogP contribution in [0.4, 0.5) is 0 Å². The summed E-state index contributed by atoms with van der Waals surface area (Å²) in [5, 5.41) is 12.5. The van der Waals surface area contributed by atoms with Crippen molar-refractivity contribution in [2.24, 2.45) is 5.16 Å². The fourth-order valence-corrected chi connectivity index (χ4v) is 2.23. The fraction of sp³-hybridized carbons (Fsp3) is 0.533. The topological polar surface area (TPSA) is 41.8 Å². The average Bonchev–Trinajstić information content (AvgIpc) is 2.24. The number of benzene rings is 1. The minimum atomic E-state index is -0.328. The number of fused-ring (bicyclic) bond motifs is 1. The van der Waals surface area contributed by atoms with Crippen molar-refractivity contribution in [3.63, 3.8) is 0 Å². The van der Waals surface area contributed by atoms with Gasteiger partial charge >= 0.3 is 0 Å². The molecule has 18 heavy (non-hydrogen) atoms. The molecule has 0 spiro atoms. The van der Waals surface area contributed by atoms with Gasteiger partial charge in [-0.15, -0.1) is 0 Å². The van der Waals surface area contributed by atoms with Gasteiger partial charge in [0.1, 0.15) is 11.4 Å². The van der Waals surface area contributed by atoms with Gasteiger partial charge in [0.05, 0.1) is 5.71 Å². The van der Waals surface area contributed by atoms with Crippen molar-refractivity contribution in [2.45, 2.75) is 52.1 Å². The Morgan fingerprint density at radius 3 is 2.50 bits per heavy atom. The number of rotatable bonds is 0. The SMILES string of the molecule is CC1(C)C/C(=N\O)c2ccc(C(C)(C)C)cc2O1. The molecular weight excluding hydrogens is 226 g/mol. The lowest BCUT2D eigenvalue weighted by Gasteiger charge is -2.34. The van der Waals surface area contributed by atoms with Gasteiger partial charge in [-0.05, 0) is 37.0 Å². The van der Waals surface area contributed by atoms with Gasteiger partial charge in [0.2, 0.25) is 0 Å². The van der Waals surface area contributed by atoms with Gasteiger partial charge in [-0.3, -0.25) is 0 Å². The van der Waals surface area contributed by atoms with Gasteiger partial charge in [0.25, 0.3) is 0 Å². The summed E-state index contributed by atoms with van der Waals surface area (Å²) in [6.07, 6.45) is 0.616. The summed E-state index contributed by atoms with van der Waals surface area (Å²) in [6.45, 7) is 10.5. The highest BCUT2D eigenvalue weighted by Crippen LogP contribution is 2.36. The highest BCUT2D eigenvalue weighted by Gasteiger charge is 2.32. The molecule has 3 nitrogen and oxygen atoms in total. The third-order valence-electron chi connectivity index (χ3n) is 3.26. The first-order valence-corrected chi connectivity index (χ1v) is 6.28. The first-order chi connectivity index (χ1) is 8.23. The van der Waals surface area contributed by atoms with Crippen LogP contribution in [0.25, 0.3) is 0 Å². The molecule has 0 unspecified atom stereocenters. The molecule has 0 aromatic heterocycles. The van der Waals surface area contributed by atoms with E-state index in [0.717, 1.165) is 11.3 Å². The maximum Gasteiger partial charge on any atom is 0.129 e. The van der Waals surface area contributed by atoms with Crippen LogP contribution in [0.15, 0.2) is 23.4 Å². The van der Waals surface area contributed by atoms with Crippen molar-refractivity contribution in [3.05, 3.63) is 29.3 Å². The first kappa shape index (κ1) is 12.9. The summed E-state index contributed by atoms with van der Waals surface area (Å²) in [6, 6.07) is 6.12. The van der Waals surface area contributed by atoms with Crippen LogP contribution in [0, 0.1) is 0 Å². The highest BCUT2D eigenvalue weighted by atomic mass is 16.5. The molecule has 0 amide bonds. The van der Waals surface area contributed by atoms with Crippen LogP contribution in [0.5, 0.6) is 5.75 Å². The average molecular weight is 247 g/mol. The van der Waals surface area contributed by atoms with E-state index in [1.807, 2.05) is 19.9 Å². The van der Waals surface area contributed by atoms with Crippen molar-refractivity contribution >= 4 is 5.71 Å². The molecule has 0 bridgehead atoms. The summed E-state index contributed by atoms with van der Waals surface area (Å²) in [5.74, 6) is 0.812. The molecule has 0 radical (unpaired) electrons. The molecule has 98 valence electrons. The molecule has 0 saturated carbocycles. The summed E-state index contributed by atoms with van der Waals surface area (Å²) < 4.78 is 6.00. The molecule has 0 aliphatic carbocycles. The van der Waals surface area contributed by atoms with E-state index in [9.17, 15) is 0 Å². The first-order valence-electron chi connectivity index (χ1n) is 6.28. The molecule has 1 N–H and O–H groups in total. The second kappa shape index (κ2) is 4.01. The minimum absolute atomic E-state index is 0.0799. The standard InChI is InChI=1S/C15H21NO2/c1-14(2,3)10-6-7-11-12(16-17)9-15(4,5)18-13(11)8-10/h6-8,17H,9H2,1-5H3/b16-12+. The van der Waals surface area contributed by atoms with Crippen LogP contribution >= 0.6 is 0 Å². The third-order valence-corrected chi connectivity index (χ3v) is 3.26. The molecule has 1 aromatic rings. The lowest BCUT2D eigenvalue weighted by Crippen LogP contribution is -2.36. The second-order valence-corrected chi connectivity index (χ2v) is 6.55. The summed E-state index contributed by atoms with van der Waals surface area (Å²) >= 11 is 0. The van der Waals surface area contributed by atoms with Crippen LogP contribution in [0.3, 0.4) is 0 Å². The zero-order chi connectivity index (χ0) is 13.6. The number of hydrogen-bond acceptors (Lipinski definition) is 3. The van der Waals surface area contributed by atoms with Crippen LogP contribution in [-0.4, -0.2) is 16.5 Å². The number of oxime groups is 1. The lowest BCUT2D eigenvalue weighted by atomic mass is 9.84. The zero-order valence-corrected chi connectivity index (χ0v) is 11.7. The Morgan fingerprint density at radius 1 is 1.28 bits per heavy atom. The largest absolute Gasteiger partial charge is 0.487 e. The van der Waals surface area contributed by atoms with Crippen molar-refractivity contribution < 1.29 is 9.94 Å². The number of hydrogen-bond donors (Lipinski definition) is 1. The van der Waals surface area contributed by atoms with Gasteiger partial charge in [-0.25, -0.2) is 0 Å². The quantitative estimate of drug-likeness (QED) is 0.560. The zero-order valence-electron chi connectivity index (χ0n) is 11.7. The minimum Gasteiger partial charge on any atom is -0.487 e. The van der Waals surface area contributed by atoms with E-state index >= 15 is 0 Å². The van der Waals surface area contributed by atoms with E-state index in [0.29, 0.717) is 12.1 Å². The van der Waals surface area contributed by atoms with Gasteiger partial charge < -0.3 is 9.94 Å². The number of ether oxygens (including phenoxy) is 1. The Morgan fingerprint density at radius 2 is 1.94 bits per heavy atom. The smallest absolute Gasteiger partial charge is 0.129 e. The van der Waals surface area contributed by atoms with Gasteiger partial charge in [-0.1, -0.05) is 32.0 Å². The van der Waals surface area contributed by atoms with Crippen LogP contribution in [0.2, 0.25) is 0 Å². The monoisotopic (exact) mass is 247 g/mol. The predicted octanol–water partition coefficient (Wildman–Crippen LogP) is 3.72. The molecule has 0 saturated heterocycles. The van der Waals surface area contributed by atoms with Crippen LogP contribution < -0.4 is 4.74 Å². The molecule has 2 rings (SSSR count). The molecule has 1 aliphatic heterocycles. The van der Waals surface area contributed by atoms with Gasteiger partial charge in [-0.2, -0.15) is 0 Å². The van der Waals surface area contributed by atoms with Crippen LogP contribution in [0.1, 0.15) is 52.2 Å². The summed E-state index contributed by atoms with van der Waals surface area (Å²) in [5.41, 5.74) is 2.56. The Hall–Kier alpha value is -1.51. The van der Waals surface area contributed by atoms with Crippen molar-refractivity contribution in [1.82, 2.24) is 0 Å². The molecule has 3 heteroatoms. The lowest BCUT2D eigenvalue weighted by molar-refractivity contribution is 0.109. The van der Waals surface area contributed by atoms with Gasteiger partial charge in [0, 0.05) is 12.0 Å². The normalized spacial score (nSPS) is 20.4. The number of nitrogens with zero attached hydrogens (tertiary/aromatic N) is 1. The van der Waals surface area contributed by atoms with Crippen molar-refractivity contribution in [2.75, 3.05) is 0 Å². The van der Waals surface area contributed by atoms with Crippen molar-refractivity contribution in [1.29, 1.82) is 0 Å². The Labute approximate surface area is 108 Å². The van der Waals surface area contributed by atoms with Crippen molar-refractivity contribution in [3.8, 4) is 5.75 Å². The molecule has 1 aliphatic rings. The Bertz CT molecular complexity index is 496. The van der Waals surface area contributed by atoms with E-state index < -0.39 is 0 Å². The molecule has 1 aromatic carbocycles. The maximum absolute atomic E-state index is 9.13. The fourth-order valence-electron chi connectivity index (χ4n) is 2.23. The Balaban J connectivity index is 2.53. The predicted molar refractivity (Wildman–Crippen MR) is 72.8 cm³/mol. The molecular formula is C15H21NO2. The van der Waals surface area contributed by atoms with E-state index in [4.69, 9.17) is 9.94 Å². The Kier molecular flexibility index (Phi) is 2.88. The van der Waals surface area contributed by atoms with E-state index in [1.165, 1.54) is 5.56 Å². The molecule has 0 fully saturated rings. The maximum atomic E-state index is 9.13. The van der Waals surface area contributed by atoms with E-state index in [2.05, 4.69) is 38.1 Å². The van der Waals surface area contributed by atoms with Gasteiger partial charge in [0.15, 0.2) is 0 Å².